The molecule has 2 amide bonds. The number of guanidine groups is 1. The standard InChI is InChI=1S/C18H35N5O2/c1-6-20-16(25)18(3,4)13-22-17(21-7-2)23-10-8-14(9-11-23)12-15(24)19-5/h14H,6-13H2,1-5H3,(H,19,24)(H,20,25)(H,21,22). The highest BCUT2D eigenvalue weighted by Gasteiger charge is 2.28. The van der Waals surface area contributed by atoms with Crippen LogP contribution in [0.25, 0.3) is 0 Å². The number of likely N-dealkylation sites (tertiary alicyclic amines) is 1. The number of amides is 2. The highest BCUT2D eigenvalue weighted by molar-refractivity contribution is 5.84. The molecule has 0 aromatic carbocycles. The van der Waals surface area contributed by atoms with Gasteiger partial charge in [0.2, 0.25) is 11.8 Å². The van der Waals surface area contributed by atoms with Crippen molar-refractivity contribution in [3.8, 4) is 0 Å². The van der Waals surface area contributed by atoms with Gasteiger partial charge in [-0.2, -0.15) is 0 Å². The summed E-state index contributed by atoms with van der Waals surface area (Å²) < 4.78 is 0. The fraction of sp³-hybridized carbons (Fsp3) is 0.833. The number of carbonyl (C=O) groups is 2. The lowest BCUT2D eigenvalue weighted by atomic mass is 9.92. The fourth-order valence-corrected chi connectivity index (χ4v) is 2.88. The number of hydrogen-bond donors (Lipinski definition) is 3. The Balaban J connectivity index is 2.65. The lowest BCUT2D eigenvalue weighted by Crippen LogP contribution is -2.47. The Labute approximate surface area is 152 Å². The Morgan fingerprint density at radius 3 is 2.24 bits per heavy atom. The number of hydrogen-bond acceptors (Lipinski definition) is 3. The summed E-state index contributed by atoms with van der Waals surface area (Å²) in [7, 11) is 1.68. The molecule has 0 radical (unpaired) electrons. The molecule has 0 atom stereocenters. The average molecular weight is 354 g/mol. The van der Waals surface area contributed by atoms with Crippen molar-refractivity contribution < 1.29 is 9.59 Å². The van der Waals surface area contributed by atoms with E-state index in [0.29, 0.717) is 25.4 Å². The van der Waals surface area contributed by atoms with E-state index >= 15 is 0 Å². The number of aliphatic imine (C=N–C) groups is 1. The van der Waals surface area contributed by atoms with Crippen LogP contribution in [0.4, 0.5) is 0 Å². The third-order valence-corrected chi connectivity index (χ3v) is 4.58. The van der Waals surface area contributed by atoms with Crippen molar-refractivity contribution in [3.05, 3.63) is 0 Å². The number of nitrogens with zero attached hydrogens (tertiary/aromatic N) is 2. The number of piperidine rings is 1. The van der Waals surface area contributed by atoms with Crippen LogP contribution in [-0.4, -0.2) is 62.4 Å². The van der Waals surface area contributed by atoms with E-state index in [-0.39, 0.29) is 11.8 Å². The quantitative estimate of drug-likeness (QED) is 0.470. The predicted octanol–water partition coefficient (Wildman–Crippen LogP) is 0.962. The summed E-state index contributed by atoms with van der Waals surface area (Å²) in [4.78, 5) is 30.6. The maximum atomic E-state index is 12.1. The number of carbonyl (C=O) groups excluding carboxylic acids is 2. The highest BCUT2D eigenvalue weighted by Crippen LogP contribution is 2.21. The topological polar surface area (TPSA) is 85.8 Å². The van der Waals surface area contributed by atoms with Gasteiger partial charge in [0.05, 0.1) is 12.0 Å². The van der Waals surface area contributed by atoms with Gasteiger partial charge in [0.1, 0.15) is 0 Å². The summed E-state index contributed by atoms with van der Waals surface area (Å²) in [5, 5.41) is 8.90. The Kier molecular flexibility index (Phi) is 8.72. The van der Waals surface area contributed by atoms with E-state index < -0.39 is 5.41 Å². The van der Waals surface area contributed by atoms with Crippen LogP contribution in [-0.2, 0) is 9.59 Å². The van der Waals surface area contributed by atoms with Gasteiger partial charge < -0.3 is 20.9 Å². The summed E-state index contributed by atoms with van der Waals surface area (Å²) in [5.41, 5.74) is -0.534. The van der Waals surface area contributed by atoms with Gasteiger partial charge in [-0.15, -0.1) is 0 Å². The third kappa shape index (κ3) is 6.92. The second-order valence-electron chi connectivity index (χ2n) is 7.22. The van der Waals surface area contributed by atoms with Gasteiger partial charge in [-0.25, -0.2) is 0 Å². The molecule has 0 spiro atoms. The zero-order valence-electron chi connectivity index (χ0n) is 16.4. The lowest BCUT2D eigenvalue weighted by molar-refractivity contribution is -0.128. The zero-order chi connectivity index (χ0) is 18.9. The van der Waals surface area contributed by atoms with Crippen molar-refractivity contribution in [2.75, 3.05) is 39.8 Å². The van der Waals surface area contributed by atoms with Crippen LogP contribution in [0.1, 0.15) is 47.0 Å². The largest absolute Gasteiger partial charge is 0.359 e. The van der Waals surface area contributed by atoms with Crippen molar-refractivity contribution in [2.24, 2.45) is 16.3 Å². The first-order valence-corrected chi connectivity index (χ1v) is 9.36. The number of rotatable bonds is 7. The number of nitrogens with one attached hydrogen (secondary N) is 3. The van der Waals surface area contributed by atoms with E-state index in [9.17, 15) is 9.59 Å². The maximum absolute atomic E-state index is 12.1. The molecule has 3 N–H and O–H groups in total. The normalized spacial score (nSPS) is 16.5. The van der Waals surface area contributed by atoms with Crippen LogP contribution in [0.3, 0.4) is 0 Å². The Bertz CT molecular complexity index is 468. The summed E-state index contributed by atoms with van der Waals surface area (Å²) in [6.45, 7) is 11.4. The molecule has 1 saturated heterocycles. The molecule has 7 nitrogen and oxygen atoms in total. The minimum absolute atomic E-state index is 0.0267. The molecule has 0 unspecified atom stereocenters. The van der Waals surface area contributed by atoms with Gasteiger partial charge in [-0.3, -0.25) is 14.6 Å². The Morgan fingerprint density at radius 1 is 1.12 bits per heavy atom. The second kappa shape index (κ2) is 10.3. The highest BCUT2D eigenvalue weighted by atomic mass is 16.2. The third-order valence-electron chi connectivity index (χ3n) is 4.58. The van der Waals surface area contributed by atoms with Crippen LogP contribution in [0.5, 0.6) is 0 Å². The molecule has 1 aliphatic rings. The lowest BCUT2D eigenvalue weighted by Gasteiger charge is -2.34. The van der Waals surface area contributed by atoms with Crippen molar-refractivity contribution in [1.29, 1.82) is 0 Å². The van der Waals surface area contributed by atoms with Gasteiger partial charge in [0.15, 0.2) is 5.96 Å². The van der Waals surface area contributed by atoms with Crippen LogP contribution in [0, 0.1) is 11.3 Å². The average Bonchev–Trinajstić information content (AvgIpc) is 2.59. The van der Waals surface area contributed by atoms with E-state index in [1.54, 1.807) is 7.05 Å². The molecule has 25 heavy (non-hydrogen) atoms. The van der Waals surface area contributed by atoms with Crippen molar-refractivity contribution >= 4 is 17.8 Å². The Morgan fingerprint density at radius 2 is 1.72 bits per heavy atom. The first-order chi connectivity index (χ1) is 11.8. The van der Waals surface area contributed by atoms with E-state index in [2.05, 4.69) is 20.9 Å². The molecule has 1 rings (SSSR count). The molecule has 1 heterocycles. The van der Waals surface area contributed by atoms with Crippen LogP contribution >= 0.6 is 0 Å². The van der Waals surface area contributed by atoms with Gasteiger partial charge in [-0.1, -0.05) is 0 Å². The molecule has 0 aromatic rings. The molecule has 7 heteroatoms. The molecule has 0 aliphatic carbocycles. The van der Waals surface area contributed by atoms with Crippen LogP contribution < -0.4 is 16.0 Å². The smallest absolute Gasteiger partial charge is 0.227 e. The van der Waals surface area contributed by atoms with E-state index in [1.165, 1.54) is 0 Å². The van der Waals surface area contributed by atoms with Gasteiger partial charge in [0, 0.05) is 39.6 Å². The molecule has 1 aliphatic heterocycles. The summed E-state index contributed by atoms with van der Waals surface area (Å²) in [5.74, 6) is 1.44. The molecule has 0 bridgehead atoms. The second-order valence-corrected chi connectivity index (χ2v) is 7.22. The maximum Gasteiger partial charge on any atom is 0.227 e. The van der Waals surface area contributed by atoms with Crippen LogP contribution in [0.2, 0.25) is 0 Å². The molecule has 0 saturated carbocycles. The fourth-order valence-electron chi connectivity index (χ4n) is 2.88. The summed E-state index contributed by atoms with van der Waals surface area (Å²) >= 11 is 0. The van der Waals surface area contributed by atoms with E-state index in [1.807, 2.05) is 27.7 Å². The minimum atomic E-state index is -0.534. The monoisotopic (exact) mass is 353 g/mol. The summed E-state index contributed by atoms with van der Waals surface area (Å²) in [6, 6.07) is 0. The van der Waals surface area contributed by atoms with E-state index in [0.717, 1.165) is 38.4 Å². The molecule has 144 valence electrons. The minimum Gasteiger partial charge on any atom is -0.359 e. The van der Waals surface area contributed by atoms with Gasteiger partial charge >= 0.3 is 0 Å². The predicted molar refractivity (Wildman–Crippen MR) is 101 cm³/mol. The van der Waals surface area contributed by atoms with Gasteiger partial charge in [0.25, 0.3) is 0 Å². The molecular weight excluding hydrogens is 318 g/mol. The zero-order valence-corrected chi connectivity index (χ0v) is 16.4. The van der Waals surface area contributed by atoms with Crippen molar-refractivity contribution in [3.63, 3.8) is 0 Å². The van der Waals surface area contributed by atoms with E-state index in [4.69, 9.17) is 4.99 Å². The molecular formula is C18H35N5O2. The van der Waals surface area contributed by atoms with Crippen molar-refractivity contribution in [2.45, 2.75) is 47.0 Å². The van der Waals surface area contributed by atoms with Gasteiger partial charge in [-0.05, 0) is 46.5 Å². The summed E-state index contributed by atoms with van der Waals surface area (Å²) in [6.07, 6.45) is 2.57. The Hall–Kier alpha value is -1.79. The van der Waals surface area contributed by atoms with Crippen LogP contribution in [0.15, 0.2) is 4.99 Å². The SMILES string of the molecule is CCNC(=O)C(C)(C)CN=C(NCC)N1CCC(CC(=O)NC)CC1. The molecule has 1 fully saturated rings. The first-order valence-electron chi connectivity index (χ1n) is 9.36. The first kappa shape index (κ1) is 21.3. The van der Waals surface area contributed by atoms with Crippen molar-refractivity contribution in [1.82, 2.24) is 20.9 Å². The molecule has 0 aromatic heterocycles.